The van der Waals surface area contributed by atoms with Gasteiger partial charge in [0.1, 0.15) is 5.58 Å². The van der Waals surface area contributed by atoms with E-state index in [2.05, 4.69) is 4.98 Å². The summed E-state index contributed by atoms with van der Waals surface area (Å²) in [5, 5.41) is 1.38. The van der Waals surface area contributed by atoms with Crippen LogP contribution in [0.3, 0.4) is 0 Å². The Balaban J connectivity index is 2.61. The molecule has 4 heteroatoms. The van der Waals surface area contributed by atoms with Gasteiger partial charge in [-0.25, -0.2) is 4.98 Å². The molecular formula is C12H6ClNO2. The zero-order valence-electron chi connectivity index (χ0n) is 8.11. The number of hydrogen-bond acceptors (Lipinski definition) is 3. The van der Waals surface area contributed by atoms with E-state index in [4.69, 9.17) is 16.0 Å². The zero-order valence-corrected chi connectivity index (χ0v) is 8.86. The summed E-state index contributed by atoms with van der Waals surface area (Å²) in [6.45, 7) is 0. The van der Waals surface area contributed by atoms with Crippen LogP contribution in [0, 0.1) is 0 Å². The van der Waals surface area contributed by atoms with E-state index >= 15 is 0 Å². The van der Waals surface area contributed by atoms with E-state index in [1.807, 2.05) is 6.07 Å². The van der Waals surface area contributed by atoms with Gasteiger partial charge in [-0.2, -0.15) is 0 Å². The lowest BCUT2D eigenvalue weighted by molar-refractivity contribution is 0.645. The molecule has 2 heterocycles. The van der Waals surface area contributed by atoms with Crippen molar-refractivity contribution in [1.29, 1.82) is 0 Å². The van der Waals surface area contributed by atoms with E-state index in [9.17, 15) is 4.79 Å². The number of aromatic nitrogens is 1. The molecule has 0 saturated heterocycles. The first kappa shape index (κ1) is 9.36. The molecule has 3 aromatic rings. The van der Waals surface area contributed by atoms with Crippen LogP contribution in [-0.4, -0.2) is 4.98 Å². The number of halogens is 1. The highest BCUT2D eigenvalue weighted by Crippen LogP contribution is 2.18. The summed E-state index contributed by atoms with van der Waals surface area (Å²) in [7, 11) is 0. The average molecular weight is 232 g/mol. The first-order valence-electron chi connectivity index (χ1n) is 4.73. The second kappa shape index (κ2) is 3.32. The molecule has 0 aliphatic heterocycles. The highest BCUT2D eigenvalue weighted by atomic mass is 35.5. The lowest BCUT2D eigenvalue weighted by Crippen LogP contribution is -2.02. The Morgan fingerprint density at radius 2 is 2.00 bits per heavy atom. The number of benzene rings is 1. The van der Waals surface area contributed by atoms with E-state index in [1.54, 1.807) is 24.3 Å². The Hall–Kier alpha value is -1.87. The predicted octanol–water partition coefficient (Wildman–Crippen LogP) is 2.99. The molecule has 0 fully saturated rings. The van der Waals surface area contributed by atoms with Gasteiger partial charge in [0.15, 0.2) is 0 Å². The van der Waals surface area contributed by atoms with Crippen molar-refractivity contribution in [2.75, 3.05) is 0 Å². The van der Waals surface area contributed by atoms with Gasteiger partial charge in [0.25, 0.3) is 0 Å². The Morgan fingerprint density at radius 3 is 2.88 bits per heavy atom. The van der Waals surface area contributed by atoms with E-state index in [0.29, 0.717) is 27.1 Å². The average Bonchev–Trinajstić information content (AvgIpc) is 2.31. The van der Waals surface area contributed by atoms with Crippen LogP contribution in [0.5, 0.6) is 0 Å². The molecule has 0 radical (unpaired) electrons. The van der Waals surface area contributed by atoms with Crippen molar-refractivity contribution in [3.63, 3.8) is 0 Å². The van der Waals surface area contributed by atoms with E-state index in [0.717, 1.165) is 0 Å². The minimum absolute atomic E-state index is 0.105. The molecule has 0 bridgehead atoms. The third kappa shape index (κ3) is 1.29. The van der Waals surface area contributed by atoms with Gasteiger partial charge < -0.3 is 4.42 Å². The topological polar surface area (TPSA) is 43.1 Å². The molecule has 0 N–H and O–H groups in total. The number of pyridine rings is 1. The van der Waals surface area contributed by atoms with Crippen LogP contribution >= 0.6 is 11.6 Å². The first-order chi connectivity index (χ1) is 7.75. The van der Waals surface area contributed by atoms with Gasteiger partial charge in [-0.3, -0.25) is 4.79 Å². The van der Waals surface area contributed by atoms with Crippen LogP contribution in [0.25, 0.3) is 22.1 Å². The fraction of sp³-hybridized carbons (Fsp3) is 0. The smallest absolute Gasteiger partial charge is 0.230 e. The summed E-state index contributed by atoms with van der Waals surface area (Å²) in [4.78, 5) is 16.1. The molecule has 2 aromatic heterocycles. The molecule has 0 unspecified atom stereocenters. The predicted molar refractivity (Wildman–Crippen MR) is 62.8 cm³/mol. The molecule has 0 atom stereocenters. The Bertz CT molecular complexity index is 749. The normalized spacial score (nSPS) is 11.1. The zero-order chi connectivity index (χ0) is 11.1. The molecule has 0 saturated carbocycles. The third-order valence-corrected chi connectivity index (χ3v) is 2.61. The highest BCUT2D eigenvalue weighted by Gasteiger charge is 2.07. The van der Waals surface area contributed by atoms with Gasteiger partial charge in [-0.15, -0.1) is 0 Å². The highest BCUT2D eigenvalue weighted by molar-refractivity contribution is 6.31. The summed E-state index contributed by atoms with van der Waals surface area (Å²) < 4.78 is 5.51. The molecule has 0 amide bonds. The minimum atomic E-state index is -0.105. The van der Waals surface area contributed by atoms with Crippen molar-refractivity contribution >= 4 is 33.7 Å². The van der Waals surface area contributed by atoms with Gasteiger partial charge >= 0.3 is 0 Å². The van der Waals surface area contributed by atoms with Crippen LogP contribution in [0.4, 0.5) is 0 Å². The van der Waals surface area contributed by atoms with E-state index < -0.39 is 0 Å². The Labute approximate surface area is 95.3 Å². The van der Waals surface area contributed by atoms with E-state index in [1.165, 1.54) is 6.20 Å². The maximum atomic E-state index is 12.1. The van der Waals surface area contributed by atoms with Crippen molar-refractivity contribution in [1.82, 2.24) is 4.98 Å². The SMILES string of the molecule is O=c1c2ccccc2oc2ncc(Cl)cc12. The molecule has 78 valence electrons. The summed E-state index contributed by atoms with van der Waals surface area (Å²) >= 11 is 5.80. The van der Waals surface area contributed by atoms with Gasteiger partial charge in [-0.05, 0) is 18.2 Å². The van der Waals surface area contributed by atoms with Crippen molar-refractivity contribution in [3.05, 3.63) is 51.8 Å². The fourth-order valence-electron chi connectivity index (χ4n) is 1.66. The lowest BCUT2D eigenvalue weighted by Gasteiger charge is -1.99. The molecule has 0 aliphatic rings. The summed E-state index contributed by atoms with van der Waals surface area (Å²) in [6, 6.07) is 8.65. The van der Waals surface area contributed by atoms with Crippen molar-refractivity contribution in [2.24, 2.45) is 0 Å². The summed E-state index contributed by atoms with van der Waals surface area (Å²) in [5.74, 6) is 0. The van der Waals surface area contributed by atoms with Crippen LogP contribution < -0.4 is 5.43 Å². The second-order valence-electron chi connectivity index (χ2n) is 3.43. The van der Waals surface area contributed by atoms with Gasteiger partial charge in [0.05, 0.1) is 15.8 Å². The summed E-state index contributed by atoms with van der Waals surface area (Å²) in [5.41, 5.74) is 0.745. The molecular weight excluding hydrogens is 226 g/mol. The largest absolute Gasteiger partial charge is 0.437 e. The molecule has 16 heavy (non-hydrogen) atoms. The van der Waals surface area contributed by atoms with Crippen LogP contribution in [-0.2, 0) is 0 Å². The number of fused-ring (bicyclic) bond motifs is 2. The molecule has 1 aromatic carbocycles. The summed E-state index contributed by atoms with van der Waals surface area (Å²) in [6.07, 6.45) is 1.46. The number of hydrogen-bond donors (Lipinski definition) is 0. The van der Waals surface area contributed by atoms with Crippen LogP contribution in [0.15, 0.2) is 45.7 Å². The van der Waals surface area contributed by atoms with Crippen molar-refractivity contribution < 1.29 is 4.42 Å². The first-order valence-corrected chi connectivity index (χ1v) is 5.10. The Morgan fingerprint density at radius 1 is 1.19 bits per heavy atom. The molecule has 0 spiro atoms. The number of rotatable bonds is 0. The van der Waals surface area contributed by atoms with Gasteiger partial charge in [0.2, 0.25) is 11.1 Å². The maximum Gasteiger partial charge on any atom is 0.230 e. The quantitative estimate of drug-likeness (QED) is 0.559. The standard InChI is InChI=1S/C12H6ClNO2/c13-7-5-9-11(15)8-3-1-2-4-10(8)16-12(9)14-6-7/h1-6H. The van der Waals surface area contributed by atoms with Crippen LogP contribution in [0.1, 0.15) is 0 Å². The molecule has 3 rings (SSSR count). The van der Waals surface area contributed by atoms with Crippen molar-refractivity contribution in [2.45, 2.75) is 0 Å². The monoisotopic (exact) mass is 231 g/mol. The number of nitrogens with zero attached hydrogens (tertiary/aromatic N) is 1. The van der Waals surface area contributed by atoms with Gasteiger partial charge in [-0.1, -0.05) is 23.7 Å². The minimum Gasteiger partial charge on any atom is -0.437 e. The molecule has 3 nitrogen and oxygen atoms in total. The molecule has 0 aliphatic carbocycles. The fourth-order valence-corrected chi connectivity index (χ4v) is 1.82. The van der Waals surface area contributed by atoms with Crippen molar-refractivity contribution in [3.8, 4) is 0 Å². The van der Waals surface area contributed by atoms with Gasteiger partial charge in [0, 0.05) is 6.20 Å². The Kier molecular flexibility index (Phi) is 1.94. The van der Waals surface area contributed by atoms with E-state index in [-0.39, 0.29) is 5.43 Å². The lowest BCUT2D eigenvalue weighted by atomic mass is 10.2. The van der Waals surface area contributed by atoms with Crippen LogP contribution in [0.2, 0.25) is 5.02 Å². The maximum absolute atomic E-state index is 12.1. The second-order valence-corrected chi connectivity index (χ2v) is 3.87. The number of para-hydroxylation sites is 1. The third-order valence-electron chi connectivity index (χ3n) is 2.40.